The Bertz CT molecular complexity index is 549. The maximum absolute atomic E-state index is 11.3. The van der Waals surface area contributed by atoms with Gasteiger partial charge in [-0.15, -0.1) is 0 Å². The number of hydrogen-bond acceptors (Lipinski definition) is 4. The summed E-state index contributed by atoms with van der Waals surface area (Å²) in [5.41, 5.74) is 6.71. The SMILES string of the molecule is CCCCN(CC(N)=O)c1c(C=CC(=O)O)c(C)nn1C. The van der Waals surface area contributed by atoms with Crippen molar-refractivity contribution in [3.8, 4) is 0 Å². The summed E-state index contributed by atoms with van der Waals surface area (Å²) in [6.45, 7) is 4.59. The minimum Gasteiger partial charge on any atom is -0.478 e. The molecule has 0 atom stereocenters. The molecule has 21 heavy (non-hydrogen) atoms. The van der Waals surface area contributed by atoms with E-state index in [1.807, 2.05) is 4.90 Å². The van der Waals surface area contributed by atoms with Crippen molar-refractivity contribution in [2.24, 2.45) is 12.8 Å². The van der Waals surface area contributed by atoms with Crippen LogP contribution in [-0.2, 0) is 16.6 Å². The van der Waals surface area contributed by atoms with Gasteiger partial charge in [0.1, 0.15) is 5.82 Å². The standard InChI is InChI=1S/C14H22N4O3/c1-4-5-8-18(9-12(15)19)14-11(6-7-13(20)21)10(2)16-17(14)3/h6-7H,4-5,8-9H2,1-3H3,(H2,15,19)(H,20,21). The van der Waals surface area contributed by atoms with Gasteiger partial charge < -0.3 is 15.7 Å². The number of nitrogens with zero attached hydrogens (tertiary/aromatic N) is 3. The van der Waals surface area contributed by atoms with Crippen LogP contribution in [0.4, 0.5) is 5.82 Å². The Morgan fingerprint density at radius 2 is 2.14 bits per heavy atom. The van der Waals surface area contributed by atoms with Gasteiger partial charge in [-0.05, 0) is 19.4 Å². The first kappa shape index (κ1) is 16.7. The van der Waals surface area contributed by atoms with Gasteiger partial charge in [0.2, 0.25) is 5.91 Å². The summed E-state index contributed by atoms with van der Waals surface area (Å²) in [4.78, 5) is 23.8. The molecule has 116 valence electrons. The number of carboxylic acids is 1. The molecule has 1 aromatic rings. The number of nitrogens with two attached hydrogens (primary N) is 1. The van der Waals surface area contributed by atoms with Crippen LogP contribution in [0.3, 0.4) is 0 Å². The monoisotopic (exact) mass is 294 g/mol. The van der Waals surface area contributed by atoms with Gasteiger partial charge in [-0.2, -0.15) is 5.10 Å². The van der Waals surface area contributed by atoms with Crippen molar-refractivity contribution in [3.63, 3.8) is 0 Å². The molecular weight excluding hydrogens is 272 g/mol. The van der Waals surface area contributed by atoms with Crippen LogP contribution in [0.1, 0.15) is 31.0 Å². The minimum absolute atomic E-state index is 0.0763. The van der Waals surface area contributed by atoms with E-state index in [2.05, 4.69) is 12.0 Å². The van der Waals surface area contributed by atoms with Crippen molar-refractivity contribution in [1.29, 1.82) is 0 Å². The number of primary amides is 1. The van der Waals surface area contributed by atoms with Crippen LogP contribution >= 0.6 is 0 Å². The zero-order valence-electron chi connectivity index (χ0n) is 12.7. The van der Waals surface area contributed by atoms with Crippen LogP contribution in [0.15, 0.2) is 6.08 Å². The number of carbonyl (C=O) groups excluding carboxylic acids is 1. The van der Waals surface area contributed by atoms with Crippen LogP contribution in [0.2, 0.25) is 0 Å². The lowest BCUT2D eigenvalue weighted by atomic mass is 10.2. The number of carboxylic acid groups (broad SMARTS) is 1. The van der Waals surface area contributed by atoms with Crippen molar-refractivity contribution >= 4 is 23.8 Å². The molecule has 1 aromatic heterocycles. The van der Waals surface area contributed by atoms with Crippen molar-refractivity contribution in [2.45, 2.75) is 26.7 Å². The molecule has 1 amide bonds. The molecule has 0 fully saturated rings. The molecule has 7 heteroatoms. The van der Waals surface area contributed by atoms with E-state index in [1.165, 1.54) is 6.08 Å². The van der Waals surface area contributed by atoms with E-state index in [9.17, 15) is 9.59 Å². The Labute approximate surface area is 124 Å². The van der Waals surface area contributed by atoms with E-state index >= 15 is 0 Å². The molecule has 0 spiro atoms. The van der Waals surface area contributed by atoms with Gasteiger partial charge in [0.15, 0.2) is 0 Å². The Morgan fingerprint density at radius 3 is 2.67 bits per heavy atom. The highest BCUT2D eigenvalue weighted by atomic mass is 16.4. The smallest absolute Gasteiger partial charge is 0.328 e. The maximum atomic E-state index is 11.3. The van der Waals surface area contributed by atoms with E-state index in [0.29, 0.717) is 23.6 Å². The van der Waals surface area contributed by atoms with Crippen LogP contribution in [0, 0.1) is 6.92 Å². The molecule has 0 radical (unpaired) electrons. The quantitative estimate of drug-likeness (QED) is 0.694. The fourth-order valence-electron chi connectivity index (χ4n) is 2.18. The predicted molar refractivity (Wildman–Crippen MR) is 80.9 cm³/mol. The Hall–Kier alpha value is -2.31. The number of rotatable bonds is 8. The molecular formula is C14H22N4O3. The van der Waals surface area contributed by atoms with Crippen molar-refractivity contribution in [2.75, 3.05) is 18.0 Å². The summed E-state index contributed by atoms with van der Waals surface area (Å²) >= 11 is 0. The highest BCUT2D eigenvalue weighted by Crippen LogP contribution is 2.25. The number of aliphatic carboxylic acids is 1. The number of amides is 1. The van der Waals surface area contributed by atoms with Crippen LogP contribution in [0.25, 0.3) is 6.08 Å². The van der Waals surface area contributed by atoms with Crippen LogP contribution in [-0.4, -0.2) is 39.9 Å². The lowest BCUT2D eigenvalue weighted by Gasteiger charge is -2.24. The zero-order valence-corrected chi connectivity index (χ0v) is 12.7. The van der Waals surface area contributed by atoms with Gasteiger partial charge in [-0.3, -0.25) is 9.48 Å². The summed E-state index contributed by atoms with van der Waals surface area (Å²) < 4.78 is 1.65. The average molecular weight is 294 g/mol. The summed E-state index contributed by atoms with van der Waals surface area (Å²) in [5, 5.41) is 13.1. The number of unbranched alkanes of at least 4 members (excludes halogenated alkanes) is 1. The number of hydrogen-bond donors (Lipinski definition) is 2. The van der Waals surface area contributed by atoms with E-state index in [4.69, 9.17) is 10.8 Å². The maximum Gasteiger partial charge on any atom is 0.328 e. The topological polar surface area (TPSA) is 101 Å². The molecule has 1 heterocycles. The largest absolute Gasteiger partial charge is 0.478 e. The second-order valence-electron chi connectivity index (χ2n) is 4.86. The normalized spacial score (nSPS) is 11.0. The second kappa shape index (κ2) is 7.47. The van der Waals surface area contributed by atoms with Crippen molar-refractivity contribution in [1.82, 2.24) is 9.78 Å². The first-order chi connectivity index (χ1) is 9.86. The zero-order chi connectivity index (χ0) is 16.0. The summed E-state index contributed by atoms with van der Waals surface area (Å²) in [6.07, 6.45) is 4.45. The first-order valence-electron chi connectivity index (χ1n) is 6.84. The molecule has 0 saturated carbocycles. The third-order valence-corrected chi connectivity index (χ3v) is 3.06. The molecule has 3 N–H and O–H groups in total. The average Bonchev–Trinajstić information content (AvgIpc) is 2.66. The van der Waals surface area contributed by atoms with Gasteiger partial charge in [0, 0.05) is 25.2 Å². The third kappa shape index (κ3) is 4.62. The van der Waals surface area contributed by atoms with Crippen LogP contribution < -0.4 is 10.6 Å². The molecule has 1 rings (SSSR count). The molecule has 0 aromatic carbocycles. The Morgan fingerprint density at radius 1 is 1.48 bits per heavy atom. The summed E-state index contributed by atoms with van der Waals surface area (Å²) in [5.74, 6) is -0.755. The molecule has 0 aliphatic rings. The van der Waals surface area contributed by atoms with Crippen molar-refractivity contribution in [3.05, 3.63) is 17.3 Å². The van der Waals surface area contributed by atoms with Gasteiger partial charge in [-0.1, -0.05) is 13.3 Å². The Balaban J connectivity index is 3.21. The van der Waals surface area contributed by atoms with Gasteiger partial charge in [0.05, 0.1) is 12.2 Å². The molecule has 0 bridgehead atoms. The Kier molecular flexibility index (Phi) is 5.95. The van der Waals surface area contributed by atoms with E-state index in [0.717, 1.165) is 18.9 Å². The fourth-order valence-corrected chi connectivity index (χ4v) is 2.18. The minimum atomic E-state index is -1.03. The van der Waals surface area contributed by atoms with E-state index in [-0.39, 0.29) is 6.54 Å². The van der Waals surface area contributed by atoms with E-state index < -0.39 is 11.9 Å². The van der Waals surface area contributed by atoms with Crippen molar-refractivity contribution < 1.29 is 14.7 Å². The second-order valence-corrected chi connectivity index (χ2v) is 4.86. The van der Waals surface area contributed by atoms with Gasteiger partial charge >= 0.3 is 5.97 Å². The predicted octanol–water partition coefficient (Wildman–Crippen LogP) is 0.918. The van der Waals surface area contributed by atoms with Gasteiger partial charge in [0.25, 0.3) is 0 Å². The molecule has 0 aliphatic heterocycles. The third-order valence-electron chi connectivity index (χ3n) is 3.06. The molecule has 0 saturated heterocycles. The first-order valence-corrected chi connectivity index (χ1v) is 6.84. The van der Waals surface area contributed by atoms with Crippen LogP contribution in [0.5, 0.6) is 0 Å². The number of anilines is 1. The summed E-state index contributed by atoms with van der Waals surface area (Å²) in [7, 11) is 1.76. The molecule has 7 nitrogen and oxygen atoms in total. The molecule has 0 aliphatic carbocycles. The number of aryl methyl sites for hydroxylation is 2. The number of carbonyl (C=O) groups is 2. The lowest BCUT2D eigenvalue weighted by molar-refractivity contribution is -0.131. The van der Waals surface area contributed by atoms with E-state index in [1.54, 1.807) is 18.7 Å². The van der Waals surface area contributed by atoms with Gasteiger partial charge in [-0.25, -0.2) is 4.79 Å². The number of aromatic nitrogens is 2. The molecule has 0 unspecified atom stereocenters. The summed E-state index contributed by atoms with van der Waals surface area (Å²) in [6, 6.07) is 0. The highest BCUT2D eigenvalue weighted by Gasteiger charge is 2.19. The fraction of sp³-hybridized carbons (Fsp3) is 0.500. The lowest BCUT2D eigenvalue weighted by Crippen LogP contribution is -2.36. The highest BCUT2D eigenvalue weighted by molar-refractivity contribution is 5.87.